The highest BCUT2D eigenvalue weighted by atomic mass is 32.2. The zero-order valence-corrected chi connectivity index (χ0v) is 17.3. The van der Waals surface area contributed by atoms with Gasteiger partial charge in [0.2, 0.25) is 5.91 Å². The number of thioether (sulfide) groups is 1. The van der Waals surface area contributed by atoms with Gasteiger partial charge in [-0.2, -0.15) is 0 Å². The van der Waals surface area contributed by atoms with Gasteiger partial charge in [-0.15, -0.1) is 0 Å². The molecule has 0 spiro atoms. The van der Waals surface area contributed by atoms with Crippen molar-refractivity contribution in [3.8, 4) is 0 Å². The zero-order valence-electron chi connectivity index (χ0n) is 16.4. The Hall–Kier alpha value is -2.28. The van der Waals surface area contributed by atoms with Gasteiger partial charge in [0, 0.05) is 18.8 Å². The van der Waals surface area contributed by atoms with Crippen LogP contribution in [0.3, 0.4) is 0 Å². The van der Waals surface area contributed by atoms with Crippen LogP contribution >= 0.6 is 11.8 Å². The number of piperidine rings is 1. The third-order valence-electron chi connectivity index (χ3n) is 4.85. The van der Waals surface area contributed by atoms with E-state index in [1.54, 1.807) is 6.92 Å². The number of benzene rings is 1. The third-order valence-corrected chi connectivity index (χ3v) is 5.74. The molecule has 3 rings (SSSR count). The number of aliphatic imine (C=N–C) groups is 1. The van der Waals surface area contributed by atoms with E-state index in [-0.39, 0.29) is 18.3 Å². The van der Waals surface area contributed by atoms with Crippen molar-refractivity contribution in [3.63, 3.8) is 0 Å². The Kier molecular flexibility index (Phi) is 7.14. The molecule has 28 heavy (non-hydrogen) atoms. The lowest BCUT2D eigenvalue weighted by molar-refractivity contribution is -0.142. The lowest BCUT2D eigenvalue weighted by Crippen LogP contribution is -2.39. The van der Waals surface area contributed by atoms with Crippen LogP contribution in [0.1, 0.15) is 33.1 Å². The SMILES string of the molecule is CCOC(=O)CC1=CC(SCC(=O)N2CCC(C)CC2)=Nc2ccccc2N1. The van der Waals surface area contributed by atoms with E-state index < -0.39 is 0 Å². The highest BCUT2D eigenvalue weighted by molar-refractivity contribution is 8.14. The van der Waals surface area contributed by atoms with Crippen molar-refractivity contribution >= 4 is 40.1 Å². The Labute approximate surface area is 170 Å². The molecule has 0 aliphatic carbocycles. The summed E-state index contributed by atoms with van der Waals surface area (Å²) in [4.78, 5) is 31.1. The summed E-state index contributed by atoms with van der Waals surface area (Å²) in [6.45, 7) is 6.04. The second-order valence-electron chi connectivity index (χ2n) is 7.10. The smallest absolute Gasteiger partial charge is 0.311 e. The van der Waals surface area contributed by atoms with Crippen LogP contribution in [0.4, 0.5) is 11.4 Å². The van der Waals surface area contributed by atoms with Crippen LogP contribution in [0.25, 0.3) is 0 Å². The number of para-hydroxylation sites is 2. The number of amides is 1. The van der Waals surface area contributed by atoms with E-state index in [9.17, 15) is 9.59 Å². The van der Waals surface area contributed by atoms with Crippen molar-refractivity contribution in [2.24, 2.45) is 10.9 Å². The van der Waals surface area contributed by atoms with E-state index in [0.717, 1.165) is 42.3 Å². The zero-order chi connectivity index (χ0) is 19.9. The van der Waals surface area contributed by atoms with Gasteiger partial charge in [0.15, 0.2) is 0 Å². The summed E-state index contributed by atoms with van der Waals surface area (Å²) in [7, 11) is 0. The molecule has 0 atom stereocenters. The maximum absolute atomic E-state index is 12.6. The molecule has 0 radical (unpaired) electrons. The van der Waals surface area contributed by atoms with Crippen LogP contribution in [0, 0.1) is 5.92 Å². The van der Waals surface area contributed by atoms with Gasteiger partial charge in [-0.3, -0.25) is 9.59 Å². The topological polar surface area (TPSA) is 71.0 Å². The average molecular weight is 402 g/mol. The number of carbonyl (C=O) groups is 2. The highest BCUT2D eigenvalue weighted by Gasteiger charge is 2.21. The molecule has 0 saturated carbocycles. The fourth-order valence-corrected chi connectivity index (χ4v) is 4.05. The molecule has 1 N–H and O–H groups in total. The summed E-state index contributed by atoms with van der Waals surface area (Å²) >= 11 is 1.41. The predicted molar refractivity (Wildman–Crippen MR) is 114 cm³/mol. The van der Waals surface area contributed by atoms with Gasteiger partial charge in [-0.1, -0.05) is 30.8 Å². The normalized spacial score (nSPS) is 17.0. The highest BCUT2D eigenvalue weighted by Crippen LogP contribution is 2.31. The van der Waals surface area contributed by atoms with E-state index >= 15 is 0 Å². The van der Waals surface area contributed by atoms with Crippen molar-refractivity contribution in [2.45, 2.75) is 33.1 Å². The minimum atomic E-state index is -0.288. The van der Waals surface area contributed by atoms with Crippen molar-refractivity contribution < 1.29 is 14.3 Å². The number of nitrogens with zero attached hydrogens (tertiary/aromatic N) is 2. The average Bonchev–Trinajstić information content (AvgIpc) is 2.85. The summed E-state index contributed by atoms with van der Waals surface area (Å²) in [5.74, 6) is 0.895. The molecule has 2 aliphatic rings. The Balaban J connectivity index is 1.70. The van der Waals surface area contributed by atoms with Gasteiger partial charge < -0.3 is 15.0 Å². The van der Waals surface area contributed by atoms with Crippen LogP contribution in [-0.2, 0) is 14.3 Å². The van der Waals surface area contributed by atoms with Crippen molar-refractivity contribution in [3.05, 3.63) is 36.0 Å². The summed E-state index contributed by atoms with van der Waals surface area (Å²) in [6.07, 6.45) is 4.11. The molecule has 7 heteroatoms. The number of hydrogen-bond donors (Lipinski definition) is 1. The van der Waals surface area contributed by atoms with Crippen LogP contribution in [0.5, 0.6) is 0 Å². The van der Waals surface area contributed by atoms with Gasteiger partial charge in [0.1, 0.15) is 0 Å². The predicted octanol–water partition coefficient (Wildman–Crippen LogP) is 3.97. The Bertz CT molecular complexity index is 783. The number of esters is 1. The number of ether oxygens (including phenoxy) is 1. The Morgan fingerprint density at radius 3 is 2.79 bits per heavy atom. The Morgan fingerprint density at radius 1 is 1.29 bits per heavy atom. The molecule has 0 bridgehead atoms. The number of anilines is 1. The summed E-state index contributed by atoms with van der Waals surface area (Å²) in [6, 6.07) is 7.68. The quantitative estimate of drug-likeness (QED) is 0.756. The molecule has 0 unspecified atom stereocenters. The van der Waals surface area contributed by atoms with Gasteiger partial charge in [-0.25, -0.2) is 4.99 Å². The third kappa shape index (κ3) is 5.61. The molecule has 2 heterocycles. The molecule has 1 fully saturated rings. The first-order chi connectivity index (χ1) is 13.5. The second kappa shape index (κ2) is 9.78. The van der Waals surface area contributed by atoms with Crippen molar-refractivity contribution in [1.82, 2.24) is 4.90 Å². The van der Waals surface area contributed by atoms with Gasteiger partial charge in [0.05, 0.1) is 35.2 Å². The first kappa shape index (κ1) is 20.5. The first-order valence-corrected chi connectivity index (χ1v) is 10.7. The van der Waals surface area contributed by atoms with Crippen molar-refractivity contribution in [2.75, 3.05) is 30.8 Å². The van der Waals surface area contributed by atoms with Gasteiger partial charge in [-0.05, 0) is 43.9 Å². The minimum absolute atomic E-state index is 0.139. The molecule has 1 saturated heterocycles. The lowest BCUT2D eigenvalue weighted by Gasteiger charge is -2.30. The number of rotatable bonds is 5. The summed E-state index contributed by atoms with van der Waals surface area (Å²) in [5, 5.41) is 3.99. The van der Waals surface area contributed by atoms with E-state index in [4.69, 9.17) is 4.74 Å². The maximum atomic E-state index is 12.6. The van der Waals surface area contributed by atoms with Crippen LogP contribution in [0.15, 0.2) is 41.0 Å². The van der Waals surface area contributed by atoms with Crippen LogP contribution in [-0.4, -0.2) is 47.3 Å². The molecular formula is C21H27N3O3S. The fourth-order valence-electron chi connectivity index (χ4n) is 3.21. The summed E-state index contributed by atoms with van der Waals surface area (Å²) < 4.78 is 5.07. The van der Waals surface area contributed by atoms with Crippen molar-refractivity contribution in [1.29, 1.82) is 0 Å². The Morgan fingerprint density at radius 2 is 2.04 bits per heavy atom. The maximum Gasteiger partial charge on any atom is 0.311 e. The number of hydrogen-bond acceptors (Lipinski definition) is 6. The standard InChI is InChI=1S/C21H27N3O3S/c1-3-27-21(26)13-16-12-19(23-18-7-5-4-6-17(18)22-16)28-14-20(25)24-10-8-15(2)9-11-24/h4-7,12,15,22H,3,8-11,13-14H2,1-2H3. The second-order valence-corrected chi connectivity index (χ2v) is 8.09. The number of carbonyl (C=O) groups excluding carboxylic acids is 2. The number of likely N-dealkylation sites (tertiary alicyclic amines) is 1. The van der Waals surface area contributed by atoms with Gasteiger partial charge in [0.25, 0.3) is 0 Å². The van der Waals surface area contributed by atoms with E-state index in [1.807, 2.05) is 35.2 Å². The minimum Gasteiger partial charge on any atom is -0.466 e. The van der Waals surface area contributed by atoms with Crippen LogP contribution < -0.4 is 5.32 Å². The molecule has 1 amide bonds. The molecule has 1 aromatic rings. The number of fused-ring (bicyclic) bond motifs is 1. The van der Waals surface area contributed by atoms with E-state index in [2.05, 4.69) is 17.2 Å². The van der Waals surface area contributed by atoms with Gasteiger partial charge >= 0.3 is 5.97 Å². The summed E-state index contributed by atoms with van der Waals surface area (Å²) in [5.41, 5.74) is 2.35. The van der Waals surface area contributed by atoms with Crippen LogP contribution in [0.2, 0.25) is 0 Å². The van der Waals surface area contributed by atoms with E-state index in [1.165, 1.54) is 11.8 Å². The molecule has 6 nitrogen and oxygen atoms in total. The molecular weight excluding hydrogens is 374 g/mol. The largest absolute Gasteiger partial charge is 0.466 e. The molecule has 0 aromatic heterocycles. The molecule has 2 aliphatic heterocycles. The molecule has 150 valence electrons. The first-order valence-electron chi connectivity index (χ1n) is 9.76. The van der Waals surface area contributed by atoms with E-state index in [0.29, 0.717) is 24.0 Å². The lowest BCUT2D eigenvalue weighted by atomic mass is 9.99. The fraction of sp³-hybridized carbons (Fsp3) is 0.476. The molecule has 1 aromatic carbocycles. The number of nitrogens with one attached hydrogen (secondary N) is 1. The monoisotopic (exact) mass is 401 g/mol.